The molecule has 0 unspecified atom stereocenters. The van der Waals surface area contributed by atoms with Crippen LogP contribution >= 0.6 is 0 Å². The van der Waals surface area contributed by atoms with Crippen LogP contribution in [0.25, 0.3) is 11.1 Å². The molecule has 2 atom stereocenters. The fourth-order valence-electron chi connectivity index (χ4n) is 4.03. The first-order chi connectivity index (χ1) is 15.1. The molecule has 0 heterocycles. The van der Waals surface area contributed by atoms with Gasteiger partial charge in [0.15, 0.2) is 0 Å². The molecule has 3 rings (SSSR count). The van der Waals surface area contributed by atoms with Gasteiger partial charge in [-0.25, -0.2) is 9.59 Å². The highest BCUT2D eigenvalue weighted by molar-refractivity contribution is 5.89. The second-order valence-electron chi connectivity index (χ2n) is 9.08. The van der Waals surface area contributed by atoms with Crippen molar-refractivity contribution in [1.82, 2.24) is 10.6 Å². The van der Waals surface area contributed by atoms with Gasteiger partial charge in [-0.15, -0.1) is 0 Å². The van der Waals surface area contributed by atoms with Crippen molar-refractivity contribution in [1.29, 1.82) is 0 Å². The predicted octanol–water partition coefficient (Wildman–Crippen LogP) is 3.92. The molecule has 2 amide bonds. The first kappa shape index (κ1) is 23.3. The molecule has 2 aromatic carbocycles. The zero-order chi connectivity index (χ0) is 23.5. The van der Waals surface area contributed by atoms with Crippen LogP contribution in [0.3, 0.4) is 0 Å². The maximum absolute atomic E-state index is 12.7. The van der Waals surface area contributed by atoms with Crippen LogP contribution < -0.4 is 10.6 Å². The van der Waals surface area contributed by atoms with Crippen LogP contribution in [0.1, 0.15) is 51.2 Å². The summed E-state index contributed by atoms with van der Waals surface area (Å²) in [4.78, 5) is 36.7. The Morgan fingerprint density at radius 2 is 1.50 bits per heavy atom. The summed E-state index contributed by atoms with van der Waals surface area (Å²) in [6.07, 6.45) is -0.478. The number of fused-ring (bicyclic) bond motifs is 3. The monoisotopic (exact) mass is 438 g/mol. The lowest BCUT2D eigenvalue weighted by atomic mass is 9.86. The zero-order valence-electron chi connectivity index (χ0n) is 18.8. The second-order valence-corrected chi connectivity index (χ2v) is 9.08. The predicted molar refractivity (Wildman–Crippen MR) is 121 cm³/mol. The minimum Gasteiger partial charge on any atom is -0.480 e. The number of hydrogen-bond donors (Lipinski definition) is 3. The topological polar surface area (TPSA) is 105 Å². The van der Waals surface area contributed by atoms with E-state index in [9.17, 15) is 19.5 Å². The standard InChI is InChI=1S/C25H30N2O5/c1-5-20(23(29)30)26-22(28)21(25(2,3)4)27-24(31)32-14-19-17-12-8-6-10-15(17)16-11-7-9-13-18(16)19/h6-13,19-21H,5,14H2,1-4H3,(H,26,28)(H,27,31)(H,29,30)/t20-,21-/m1/s1. The Hall–Kier alpha value is -3.35. The summed E-state index contributed by atoms with van der Waals surface area (Å²) in [6, 6.07) is 14.1. The number of ether oxygens (including phenoxy) is 1. The van der Waals surface area contributed by atoms with Crippen LogP contribution in [0.2, 0.25) is 0 Å². The summed E-state index contributed by atoms with van der Waals surface area (Å²) in [5.41, 5.74) is 3.80. The molecule has 0 radical (unpaired) electrons. The zero-order valence-corrected chi connectivity index (χ0v) is 18.8. The highest BCUT2D eigenvalue weighted by Gasteiger charge is 2.36. The summed E-state index contributed by atoms with van der Waals surface area (Å²) in [5.74, 6) is -1.76. The normalized spacial score (nSPS) is 14.6. The molecule has 1 aliphatic carbocycles. The van der Waals surface area contributed by atoms with E-state index in [4.69, 9.17) is 4.74 Å². The molecule has 0 bridgehead atoms. The molecule has 7 nitrogen and oxygen atoms in total. The third kappa shape index (κ3) is 4.93. The molecule has 2 aromatic rings. The van der Waals surface area contributed by atoms with Crippen molar-refractivity contribution in [3.63, 3.8) is 0 Å². The van der Waals surface area contributed by atoms with Crippen LogP contribution in [0, 0.1) is 5.41 Å². The van der Waals surface area contributed by atoms with E-state index >= 15 is 0 Å². The third-order valence-corrected chi connectivity index (χ3v) is 5.76. The van der Waals surface area contributed by atoms with Gasteiger partial charge in [-0.05, 0) is 34.1 Å². The van der Waals surface area contributed by atoms with Crippen molar-refractivity contribution >= 4 is 18.0 Å². The first-order valence-electron chi connectivity index (χ1n) is 10.8. The van der Waals surface area contributed by atoms with Gasteiger partial charge in [-0.1, -0.05) is 76.2 Å². The van der Waals surface area contributed by atoms with E-state index in [0.717, 1.165) is 22.3 Å². The molecule has 0 aromatic heterocycles. The molecule has 0 aliphatic heterocycles. The van der Waals surface area contributed by atoms with E-state index in [2.05, 4.69) is 22.8 Å². The molecule has 0 saturated heterocycles. The average Bonchev–Trinajstić information content (AvgIpc) is 3.07. The number of carbonyl (C=O) groups is 3. The number of aliphatic carboxylic acids is 1. The van der Waals surface area contributed by atoms with Gasteiger partial charge in [0.1, 0.15) is 18.7 Å². The fraction of sp³-hybridized carbons (Fsp3) is 0.400. The van der Waals surface area contributed by atoms with E-state index < -0.39 is 35.5 Å². The first-order valence-corrected chi connectivity index (χ1v) is 10.8. The summed E-state index contributed by atoms with van der Waals surface area (Å²) < 4.78 is 5.55. The van der Waals surface area contributed by atoms with Crippen molar-refractivity contribution in [2.45, 2.75) is 52.1 Å². The largest absolute Gasteiger partial charge is 0.480 e. The molecular weight excluding hydrogens is 408 g/mol. The van der Waals surface area contributed by atoms with Crippen molar-refractivity contribution in [3.05, 3.63) is 59.7 Å². The van der Waals surface area contributed by atoms with E-state index in [1.54, 1.807) is 27.7 Å². The molecule has 1 aliphatic rings. The molecule has 7 heteroatoms. The van der Waals surface area contributed by atoms with Gasteiger partial charge >= 0.3 is 12.1 Å². The molecule has 0 saturated carbocycles. The number of alkyl carbamates (subject to hydrolysis) is 1. The number of amides is 2. The van der Waals surface area contributed by atoms with Gasteiger partial charge in [0.25, 0.3) is 0 Å². The summed E-state index contributed by atoms with van der Waals surface area (Å²) in [7, 11) is 0. The Balaban J connectivity index is 1.70. The lowest BCUT2D eigenvalue weighted by molar-refractivity contribution is -0.142. The van der Waals surface area contributed by atoms with Crippen LogP contribution in [0.4, 0.5) is 4.79 Å². The highest BCUT2D eigenvalue weighted by Crippen LogP contribution is 2.44. The number of carboxylic acids is 1. The van der Waals surface area contributed by atoms with Gasteiger partial charge in [0.2, 0.25) is 5.91 Å². The van der Waals surface area contributed by atoms with E-state index in [1.165, 1.54) is 0 Å². The SMILES string of the molecule is CC[C@@H](NC(=O)[C@@H](NC(=O)OCC1c2ccccc2-c2ccccc21)C(C)(C)C)C(=O)O. The van der Waals surface area contributed by atoms with E-state index in [0.29, 0.717) is 0 Å². The number of hydrogen-bond acceptors (Lipinski definition) is 4. The van der Waals surface area contributed by atoms with E-state index in [1.807, 2.05) is 36.4 Å². The van der Waals surface area contributed by atoms with Crippen molar-refractivity contribution in [2.75, 3.05) is 6.61 Å². The lowest BCUT2D eigenvalue weighted by Gasteiger charge is -2.31. The fourth-order valence-corrected chi connectivity index (χ4v) is 4.03. The Labute approximate surface area is 188 Å². The van der Waals surface area contributed by atoms with Crippen molar-refractivity contribution in [3.8, 4) is 11.1 Å². The molecule has 0 fully saturated rings. The number of nitrogens with one attached hydrogen (secondary N) is 2. The minimum absolute atomic E-state index is 0.0912. The average molecular weight is 439 g/mol. The lowest BCUT2D eigenvalue weighted by Crippen LogP contribution is -2.56. The minimum atomic E-state index is -1.12. The highest BCUT2D eigenvalue weighted by atomic mass is 16.5. The Morgan fingerprint density at radius 1 is 0.969 bits per heavy atom. The number of carboxylic acid groups (broad SMARTS) is 1. The third-order valence-electron chi connectivity index (χ3n) is 5.76. The van der Waals surface area contributed by atoms with Crippen LogP contribution in [0.15, 0.2) is 48.5 Å². The summed E-state index contributed by atoms with van der Waals surface area (Å²) in [5, 5.41) is 14.4. The number of carbonyl (C=O) groups excluding carboxylic acids is 2. The number of benzene rings is 2. The van der Waals surface area contributed by atoms with Crippen molar-refractivity contribution in [2.24, 2.45) is 5.41 Å². The molecule has 0 spiro atoms. The second kappa shape index (κ2) is 9.42. The maximum Gasteiger partial charge on any atom is 0.407 e. The van der Waals surface area contributed by atoms with Gasteiger partial charge in [-0.2, -0.15) is 0 Å². The van der Waals surface area contributed by atoms with Crippen molar-refractivity contribution < 1.29 is 24.2 Å². The molecular formula is C25H30N2O5. The quantitative estimate of drug-likeness (QED) is 0.608. The Bertz CT molecular complexity index is 966. The van der Waals surface area contributed by atoms with Crippen LogP contribution in [-0.4, -0.2) is 41.8 Å². The van der Waals surface area contributed by atoms with Crippen LogP contribution in [0.5, 0.6) is 0 Å². The van der Waals surface area contributed by atoms with Gasteiger partial charge < -0.3 is 20.5 Å². The Morgan fingerprint density at radius 3 is 1.97 bits per heavy atom. The smallest absolute Gasteiger partial charge is 0.407 e. The van der Waals surface area contributed by atoms with E-state index in [-0.39, 0.29) is 18.9 Å². The molecule has 32 heavy (non-hydrogen) atoms. The van der Waals surface area contributed by atoms with Crippen LogP contribution in [-0.2, 0) is 14.3 Å². The maximum atomic E-state index is 12.7. The summed E-state index contributed by atoms with van der Waals surface area (Å²) >= 11 is 0. The molecule has 170 valence electrons. The Kier molecular flexibility index (Phi) is 6.87. The van der Waals surface area contributed by atoms with Gasteiger partial charge in [0.05, 0.1) is 0 Å². The number of rotatable bonds is 7. The summed E-state index contributed by atoms with van der Waals surface area (Å²) in [6.45, 7) is 7.18. The van der Waals surface area contributed by atoms with Gasteiger partial charge in [-0.3, -0.25) is 4.79 Å². The van der Waals surface area contributed by atoms with Gasteiger partial charge in [0, 0.05) is 5.92 Å². The molecule has 3 N–H and O–H groups in total.